The van der Waals surface area contributed by atoms with Gasteiger partial charge in [0, 0.05) is 12.1 Å². The number of hydrogen-bond acceptors (Lipinski definition) is 5. The zero-order chi connectivity index (χ0) is 11.8. The van der Waals surface area contributed by atoms with E-state index in [9.17, 15) is 8.42 Å². The van der Waals surface area contributed by atoms with E-state index in [0.29, 0.717) is 17.3 Å². The van der Waals surface area contributed by atoms with Crippen molar-refractivity contribution in [1.82, 2.24) is 10.3 Å². The predicted octanol–water partition coefficient (Wildman–Crippen LogP) is 1.46. The zero-order valence-electron chi connectivity index (χ0n) is 8.86. The summed E-state index contributed by atoms with van der Waals surface area (Å²) < 4.78 is 23.4. The number of halogens is 1. The van der Waals surface area contributed by atoms with Crippen LogP contribution >= 0.6 is 22.9 Å². The molecule has 1 fully saturated rings. The lowest BCUT2D eigenvalue weighted by Crippen LogP contribution is -2.42. The Morgan fingerprint density at radius 2 is 2.44 bits per heavy atom. The maximum absolute atomic E-state index is 11.4. The number of hydrogen-bond donors (Lipinski definition) is 1. The second kappa shape index (κ2) is 4.25. The van der Waals surface area contributed by atoms with Crippen molar-refractivity contribution in [2.45, 2.75) is 25.4 Å². The SMILES string of the molecule is CC1(NCc2ncc(Cl)s2)CCS(=O)(=O)C1. The van der Waals surface area contributed by atoms with E-state index in [4.69, 9.17) is 11.6 Å². The van der Waals surface area contributed by atoms with Crippen LogP contribution in [-0.2, 0) is 16.4 Å². The molecule has 1 saturated heterocycles. The molecule has 2 rings (SSSR count). The molecule has 4 nitrogen and oxygen atoms in total. The van der Waals surface area contributed by atoms with Crippen LogP contribution in [0.5, 0.6) is 0 Å². The molecule has 0 spiro atoms. The Morgan fingerprint density at radius 3 is 2.94 bits per heavy atom. The van der Waals surface area contributed by atoms with Crippen LogP contribution in [0.1, 0.15) is 18.4 Å². The van der Waals surface area contributed by atoms with Gasteiger partial charge in [0.05, 0.1) is 17.7 Å². The van der Waals surface area contributed by atoms with Crippen LogP contribution in [0.4, 0.5) is 0 Å². The smallest absolute Gasteiger partial charge is 0.152 e. The maximum atomic E-state index is 11.4. The number of thiazole rings is 1. The van der Waals surface area contributed by atoms with Crippen LogP contribution in [0.15, 0.2) is 6.20 Å². The first-order chi connectivity index (χ1) is 7.39. The summed E-state index contributed by atoms with van der Waals surface area (Å²) in [5.74, 6) is 0.480. The van der Waals surface area contributed by atoms with Crippen molar-refractivity contribution in [3.63, 3.8) is 0 Å². The van der Waals surface area contributed by atoms with E-state index in [1.165, 1.54) is 11.3 Å². The second-order valence-corrected chi connectivity index (χ2v) is 8.24. The molecule has 90 valence electrons. The Kier molecular flexibility index (Phi) is 3.27. The molecule has 0 amide bonds. The highest BCUT2D eigenvalue weighted by atomic mass is 35.5. The number of sulfone groups is 1. The summed E-state index contributed by atoms with van der Waals surface area (Å²) in [7, 11) is -2.86. The molecule has 1 N–H and O–H groups in total. The van der Waals surface area contributed by atoms with Gasteiger partial charge in [-0.1, -0.05) is 11.6 Å². The van der Waals surface area contributed by atoms with Gasteiger partial charge in [-0.25, -0.2) is 13.4 Å². The van der Waals surface area contributed by atoms with Gasteiger partial charge in [-0.05, 0) is 13.3 Å². The van der Waals surface area contributed by atoms with Gasteiger partial charge in [-0.3, -0.25) is 0 Å². The zero-order valence-corrected chi connectivity index (χ0v) is 11.3. The quantitative estimate of drug-likeness (QED) is 0.911. The number of rotatable bonds is 3. The highest BCUT2D eigenvalue weighted by Crippen LogP contribution is 2.24. The molecular weight excluding hydrogens is 268 g/mol. The first-order valence-electron chi connectivity index (χ1n) is 4.94. The molecule has 1 aliphatic heterocycles. The Bertz CT molecular complexity index is 485. The molecular formula is C9H13ClN2O2S2. The molecule has 1 aromatic heterocycles. The normalized spacial score (nSPS) is 28.4. The fourth-order valence-electron chi connectivity index (χ4n) is 1.81. The second-order valence-electron chi connectivity index (χ2n) is 4.31. The van der Waals surface area contributed by atoms with Gasteiger partial charge < -0.3 is 5.32 Å². The molecule has 1 aliphatic rings. The van der Waals surface area contributed by atoms with Crippen LogP contribution < -0.4 is 5.32 Å². The lowest BCUT2D eigenvalue weighted by atomic mass is 10.0. The summed E-state index contributed by atoms with van der Waals surface area (Å²) in [6, 6.07) is 0. The number of nitrogens with zero attached hydrogens (tertiary/aromatic N) is 1. The van der Waals surface area contributed by atoms with E-state index in [-0.39, 0.29) is 17.0 Å². The molecule has 2 heterocycles. The third-order valence-electron chi connectivity index (χ3n) is 2.70. The Hall–Kier alpha value is -0.170. The molecule has 1 unspecified atom stereocenters. The van der Waals surface area contributed by atoms with Crippen molar-refractivity contribution in [3.05, 3.63) is 15.5 Å². The largest absolute Gasteiger partial charge is 0.304 e. The molecule has 16 heavy (non-hydrogen) atoms. The summed E-state index contributed by atoms with van der Waals surface area (Å²) in [5, 5.41) is 4.14. The van der Waals surface area contributed by atoms with E-state index in [1.807, 2.05) is 6.92 Å². The van der Waals surface area contributed by atoms with Crippen LogP contribution in [0.25, 0.3) is 0 Å². The van der Waals surface area contributed by atoms with Gasteiger partial charge >= 0.3 is 0 Å². The van der Waals surface area contributed by atoms with Gasteiger partial charge in [0.15, 0.2) is 9.84 Å². The van der Waals surface area contributed by atoms with Crippen molar-refractivity contribution in [2.24, 2.45) is 0 Å². The Labute approximate surface area is 104 Å². The minimum Gasteiger partial charge on any atom is -0.304 e. The summed E-state index contributed by atoms with van der Waals surface area (Å²) >= 11 is 7.18. The molecule has 7 heteroatoms. The van der Waals surface area contributed by atoms with Crippen LogP contribution in [0.2, 0.25) is 4.34 Å². The fraction of sp³-hybridized carbons (Fsp3) is 0.667. The van der Waals surface area contributed by atoms with E-state index < -0.39 is 9.84 Å². The minimum absolute atomic E-state index is 0.207. The molecule has 0 aliphatic carbocycles. The molecule has 1 aromatic rings. The van der Waals surface area contributed by atoms with E-state index >= 15 is 0 Å². The highest BCUT2D eigenvalue weighted by Gasteiger charge is 2.37. The Balaban J connectivity index is 1.96. The third-order valence-corrected chi connectivity index (χ3v) is 5.71. The average molecular weight is 281 g/mol. The molecule has 0 radical (unpaired) electrons. The average Bonchev–Trinajstić information content (AvgIpc) is 2.69. The van der Waals surface area contributed by atoms with Crippen LogP contribution in [0, 0.1) is 0 Å². The topological polar surface area (TPSA) is 59.1 Å². The highest BCUT2D eigenvalue weighted by molar-refractivity contribution is 7.91. The van der Waals surface area contributed by atoms with Gasteiger partial charge in [0.25, 0.3) is 0 Å². The summed E-state index contributed by atoms with van der Waals surface area (Å²) in [4.78, 5) is 4.12. The van der Waals surface area contributed by atoms with E-state index in [0.717, 1.165) is 5.01 Å². The first-order valence-corrected chi connectivity index (χ1v) is 7.96. The Morgan fingerprint density at radius 1 is 1.69 bits per heavy atom. The lowest BCUT2D eigenvalue weighted by Gasteiger charge is -2.23. The van der Waals surface area contributed by atoms with Crippen molar-refractivity contribution in [3.8, 4) is 0 Å². The van der Waals surface area contributed by atoms with Crippen LogP contribution in [-0.4, -0.2) is 30.4 Å². The summed E-state index contributed by atoms with van der Waals surface area (Å²) in [6.07, 6.45) is 2.27. The van der Waals surface area contributed by atoms with Crippen molar-refractivity contribution < 1.29 is 8.42 Å². The van der Waals surface area contributed by atoms with E-state index in [2.05, 4.69) is 10.3 Å². The van der Waals surface area contributed by atoms with Crippen molar-refractivity contribution in [1.29, 1.82) is 0 Å². The first kappa shape index (κ1) is 12.3. The minimum atomic E-state index is -2.86. The third kappa shape index (κ3) is 2.94. The number of aromatic nitrogens is 1. The van der Waals surface area contributed by atoms with Gasteiger partial charge in [0.2, 0.25) is 0 Å². The standard InChI is InChI=1S/C9H13ClN2O2S2/c1-9(2-3-16(13,14)6-9)12-5-8-11-4-7(10)15-8/h4,12H,2-3,5-6H2,1H3. The fourth-order valence-corrected chi connectivity index (χ4v) is 4.83. The molecule has 0 bridgehead atoms. The summed E-state index contributed by atoms with van der Waals surface area (Å²) in [6.45, 7) is 2.51. The maximum Gasteiger partial charge on any atom is 0.152 e. The molecule has 0 saturated carbocycles. The van der Waals surface area contributed by atoms with Crippen molar-refractivity contribution in [2.75, 3.05) is 11.5 Å². The van der Waals surface area contributed by atoms with Gasteiger partial charge in [-0.15, -0.1) is 11.3 Å². The molecule has 1 atom stereocenters. The predicted molar refractivity (Wildman–Crippen MR) is 65.6 cm³/mol. The van der Waals surface area contributed by atoms with E-state index in [1.54, 1.807) is 6.20 Å². The van der Waals surface area contributed by atoms with Crippen molar-refractivity contribution >= 4 is 32.8 Å². The van der Waals surface area contributed by atoms with Gasteiger partial charge in [0.1, 0.15) is 9.34 Å². The van der Waals surface area contributed by atoms with Crippen LogP contribution in [0.3, 0.4) is 0 Å². The van der Waals surface area contributed by atoms with Gasteiger partial charge in [-0.2, -0.15) is 0 Å². The summed E-state index contributed by atoms with van der Waals surface area (Å²) in [5.41, 5.74) is -0.322. The lowest BCUT2D eigenvalue weighted by molar-refractivity contribution is 0.395. The molecule has 0 aromatic carbocycles. The number of nitrogens with one attached hydrogen (secondary N) is 1. The monoisotopic (exact) mass is 280 g/mol.